The third-order valence-electron chi connectivity index (χ3n) is 2.83. The fourth-order valence-electron chi connectivity index (χ4n) is 1.87. The maximum Gasteiger partial charge on any atom is 0.0595 e. The number of halogens is 2. The van der Waals surface area contributed by atoms with Gasteiger partial charge in [-0.15, -0.1) is 0 Å². The van der Waals surface area contributed by atoms with Crippen molar-refractivity contribution in [1.82, 2.24) is 10.3 Å². The van der Waals surface area contributed by atoms with Gasteiger partial charge in [0.05, 0.1) is 16.1 Å². The van der Waals surface area contributed by atoms with E-state index in [0.717, 1.165) is 16.8 Å². The van der Waals surface area contributed by atoms with Crippen LogP contribution in [0, 0.1) is 6.92 Å². The summed E-state index contributed by atoms with van der Waals surface area (Å²) in [5.41, 5.74) is 3.17. The molecule has 4 heteroatoms. The van der Waals surface area contributed by atoms with Gasteiger partial charge in [-0.2, -0.15) is 0 Å². The Kier molecular flexibility index (Phi) is 4.23. The molecule has 0 aliphatic carbocycles. The van der Waals surface area contributed by atoms with Crippen molar-refractivity contribution in [3.63, 3.8) is 0 Å². The zero-order valence-electron chi connectivity index (χ0n) is 10.2. The molecule has 1 aromatic heterocycles. The lowest BCUT2D eigenvalue weighted by Crippen LogP contribution is -2.17. The Morgan fingerprint density at radius 1 is 1.06 bits per heavy atom. The van der Waals surface area contributed by atoms with Gasteiger partial charge >= 0.3 is 0 Å². The summed E-state index contributed by atoms with van der Waals surface area (Å²) < 4.78 is 0. The number of aryl methyl sites for hydroxylation is 1. The molecule has 1 atom stereocenters. The zero-order chi connectivity index (χ0) is 13.1. The first-order valence-electron chi connectivity index (χ1n) is 5.66. The standard InChI is InChI=1S/C14H14Cl2N2/c1-9-3-4-11(8-18-9)14(17-2)10-5-6-12(15)13(16)7-10/h3-8,14,17H,1-2H3. The van der Waals surface area contributed by atoms with Crippen molar-refractivity contribution >= 4 is 23.2 Å². The van der Waals surface area contributed by atoms with Crippen LogP contribution in [0.4, 0.5) is 0 Å². The molecule has 2 aromatic rings. The Morgan fingerprint density at radius 2 is 1.78 bits per heavy atom. The summed E-state index contributed by atoms with van der Waals surface area (Å²) in [4.78, 5) is 4.31. The van der Waals surface area contributed by atoms with Crippen molar-refractivity contribution in [2.75, 3.05) is 7.05 Å². The highest BCUT2D eigenvalue weighted by atomic mass is 35.5. The van der Waals surface area contributed by atoms with Crippen LogP contribution in [0.1, 0.15) is 22.9 Å². The van der Waals surface area contributed by atoms with Gasteiger partial charge in [0.2, 0.25) is 0 Å². The molecule has 1 heterocycles. The van der Waals surface area contributed by atoms with Crippen molar-refractivity contribution in [2.24, 2.45) is 0 Å². The van der Waals surface area contributed by atoms with E-state index in [4.69, 9.17) is 23.2 Å². The van der Waals surface area contributed by atoms with E-state index >= 15 is 0 Å². The summed E-state index contributed by atoms with van der Waals surface area (Å²) in [5, 5.41) is 4.39. The molecule has 0 bridgehead atoms. The number of hydrogen-bond acceptors (Lipinski definition) is 2. The molecule has 2 nitrogen and oxygen atoms in total. The van der Waals surface area contributed by atoms with Crippen LogP contribution in [0.25, 0.3) is 0 Å². The van der Waals surface area contributed by atoms with Gasteiger partial charge in [-0.1, -0.05) is 35.3 Å². The first kappa shape index (κ1) is 13.3. The molecule has 1 N–H and O–H groups in total. The number of pyridine rings is 1. The van der Waals surface area contributed by atoms with Crippen LogP contribution in [0.2, 0.25) is 10.0 Å². The van der Waals surface area contributed by atoms with E-state index in [-0.39, 0.29) is 6.04 Å². The summed E-state index contributed by atoms with van der Waals surface area (Å²) >= 11 is 12.0. The normalized spacial score (nSPS) is 12.4. The van der Waals surface area contributed by atoms with Crippen molar-refractivity contribution in [3.8, 4) is 0 Å². The second-order valence-corrected chi connectivity index (χ2v) is 4.94. The molecule has 0 aliphatic rings. The molecular weight excluding hydrogens is 267 g/mol. The molecule has 18 heavy (non-hydrogen) atoms. The summed E-state index contributed by atoms with van der Waals surface area (Å²) in [6.45, 7) is 1.97. The zero-order valence-corrected chi connectivity index (χ0v) is 11.8. The quantitative estimate of drug-likeness (QED) is 0.919. The lowest BCUT2D eigenvalue weighted by Gasteiger charge is -2.17. The van der Waals surface area contributed by atoms with Crippen molar-refractivity contribution < 1.29 is 0 Å². The fourth-order valence-corrected chi connectivity index (χ4v) is 2.17. The lowest BCUT2D eigenvalue weighted by molar-refractivity contribution is 0.688. The first-order chi connectivity index (χ1) is 8.61. The fraction of sp³-hybridized carbons (Fsp3) is 0.214. The molecule has 0 amide bonds. The summed E-state index contributed by atoms with van der Waals surface area (Å²) in [6, 6.07) is 9.78. The number of nitrogens with one attached hydrogen (secondary N) is 1. The maximum absolute atomic E-state index is 6.05. The van der Waals surface area contributed by atoms with Gasteiger partial charge in [-0.25, -0.2) is 0 Å². The van der Waals surface area contributed by atoms with Crippen LogP contribution in [0.15, 0.2) is 36.5 Å². The minimum atomic E-state index is 0.0628. The van der Waals surface area contributed by atoms with Crippen LogP contribution in [-0.2, 0) is 0 Å². The highest BCUT2D eigenvalue weighted by molar-refractivity contribution is 6.42. The number of hydrogen-bond donors (Lipinski definition) is 1. The van der Waals surface area contributed by atoms with Gasteiger partial charge in [0.1, 0.15) is 0 Å². The molecule has 0 saturated heterocycles. The minimum absolute atomic E-state index is 0.0628. The summed E-state index contributed by atoms with van der Waals surface area (Å²) in [6.07, 6.45) is 1.87. The van der Waals surface area contributed by atoms with Crippen LogP contribution in [-0.4, -0.2) is 12.0 Å². The molecule has 0 saturated carbocycles. The Bertz CT molecular complexity index is 538. The topological polar surface area (TPSA) is 24.9 Å². The molecule has 94 valence electrons. The van der Waals surface area contributed by atoms with Gasteiger partial charge in [0.15, 0.2) is 0 Å². The van der Waals surface area contributed by atoms with Crippen molar-refractivity contribution in [3.05, 3.63) is 63.4 Å². The largest absolute Gasteiger partial charge is 0.309 e. The van der Waals surface area contributed by atoms with Gasteiger partial charge < -0.3 is 5.32 Å². The molecule has 0 fully saturated rings. The van der Waals surface area contributed by atoms with Gasteiger partial charge in [0, 0.05) is 11.9 Å². The molecule has 0 aliphatic heterocycles. The van der Waals surface area contributed by atoms with E-state index in [9.17, 15) is 0 Å². The van der Waals surface area contributed by atoms with Gasteiger partial charge in [0.25, 0.3) is 0 Å². The van der Waals surface area contributed by atoms with Crippen LogP contribution in [0.5, 0.6) is 0 Å². The van der Waals surface area contributed by atoms with E-state index in [0.29, 0.717) is 10.0 Å². The van der Waals surface area contributed by atoms with E-state index < -0.39 is 0 Å². The number of benzene rings is 1. The minimum Gasteiger partial charge on any atom is -0.309 e. The monoisotopic (exact) mass is 280 g/mol. The Morgan fingerprint density at radius 3 is 2.33 bits per heavy atom. The number of aromatic nitrogens is 1. The van der Waals surface area contributed by atoms with Crippen molar-refractivity contribution in [1.29, 1.82) is 0 Å². The molecular formula is C14H14Cl2N2. The van der Waals surface area contributed by atoms with Crippen LogP contribution >= 0.6 is 23.2 Å². The van der Waals surface area contributed by atoms with Crippen LogP contribution < -0.4 is 5.32 Å². The Hall–Kier alpha value is -1.09. The third kappa shape index (κ3) is 2.83. The predicted molar refractivity (Wildman–Crippen MR) is 76.3 cm³/mol. The number of nitrogens with zero attached hydrogens (tertiary/aromatic N) is 1. The second-order valence-electron chi connectivity index (χ2n) is 4.13. The first-order valence-corrected chi connectivity index (χ1v) is 6.42. The average Bonchev–Trinajstić information content (AvgIpc) is 2.37. The molecule has 1 unspecified atom stereocenters. The smallest absolute Gasteiger partial charge is 0.0595 e. The van der Waals surface area contributed by atoms with E-state index in [1.54, 1.807) is 0 Å². The highest BCUT2D eigenvalue weighted by Gasteiger charge is 2.13. The maximum atomic E-state index is 6.05. The SMILES string of the molecule is CNC(c1ccc(C)nc1)c1ccc(Cl)c(Cl)c1. The summed E-state index contributed by atoms with van der Waals surface area (Å²) in [7, 11) is 1.91. The summed E-state index contributed by atoms with van der Waals surface area (Å²) in [5.74, 6) is 0. The molecule has 1 aromatic carbocycles. The van der Waals surface area contributed by atoms with E-state index in [1.165, 1.54) is 0 Å². The Balaban J connectivity index is 2.38. The van der Waals surface area contributed by atoms with Gasteiger partial charge in [-0.3, -0.25) is 4.98 Å². The number of rotatable bonds is 3. The van der Waals surface area contributed by atoms with Gasteiger partial charge in [-0.05, 0) is 43.3 Å². The third-order valence-corrected chi connectivity index (χ3v) is 3.57. The average molecular weight is 281 g/mol. The predicted octanol–water partition coefficient (Wildman–Crippen LogP) is 4.01. The van der Waals surface area contributed by atoms with E-state index in [1.807, 2.05) is 44.4 Å². The second kappa shape index (κ2) is 5.70. The van der Waals surface area contributed by atoms with Crippen LogP contribution in [0.3, 0.4) is 0 Å². The van der Waals surface area contributed by atoms with E-state index in [2.05, 4.69) is 16.4 Å². The lowest BCUT2D eigenvalue weighted by atomic mass is 10.0. The molecule has 0 spiro atoms. The molecule has 2 rings (SSSR count). The Labute approximate surface area is 117 Å². The van der Waals surface area contributed by atoms with Crippen molar-refractivity contribution in [2.45, 2.75) is 13.0 Å². The highest BCUT2D eigenvalue weighted by Crippen LogP contribution is 2.28. The molecule has 0 radical (unpaired) electrons.